The molecule has 0 amide bonds. The molecule has 45 heavy (non-hydrogen) atoms. The van der Waals surface area contributed by atoms with Crippen molar-refractivity contribution in [3.8, 4) is 0 Å². The fourth-order valence-corrected chi connectivity index (χ4v) is 10.4. The van der Waals surface area contributed by atoms with Crippen molar-refractivity contribution in [1.29, 1.82) is 0 Å². The van der Waals surface area contributed by atoms with Gasteiger partial charge in [0.1, 0.15) is 6.10 Å². The summed E-state index contributed by atoms with van der Waals surface area (Å²) >= 11 is 0. The fourth-order valence-electron chi connectivity index (χ4n) is 9.13. The number of ether oxygens (including phenoxy) is 1. The minimum Gasteiger partial charge on any atom is -0.462 e. The van der Waals surface area contributed by atoms with Crippen LogP contribution in [0.3, 0.4) is 0 Å². The van der Waals surface area contributed by atoms with Crippen LogP contribution in [-0.4, -0.2) is 31.5 Å². The summed E-state index contributed by atoms with van der Waals surface area (Å²) in [5.41, 5.74) is 1.31. The van der Waals surface area contributed by atoms with Gasteiger partial charge in [-0.2, -0.15) is 8.78 Å². The van der Waals surface area contributed by atoms with Crippen molar-refractivity contribution in [3.63, 3.8) is 0 Å². The first-order chi connectivity index (χ1) is 21.4. The number of hydrogen-bond donors (Lipinski definition) is 0. The van der Waals surface area contributed by atoms with E-state index in [1.165, 1.54) is 29.8 Å². The number of benzene rings is 1. The Hall–Kier alpha value is -2.35. The molecule has 0 aromatic heterocycles. The largest absolute Gasteiger partial charge is 0.462 e. The van der Waals surface area contributed by atoms with Crippen LogP contribution in [0.4, 0.5) is 8.78 Å². The van der Waals surface area contributed by atoms with Crippen LogP contribution in [0.2, 0.25) is 0 Å². The van der Waals surface area contributed by atoms with Gasteiger partial charge >= 0.3 is 11.2 Å². The van der Waals surface area contributed by atoms with E-state index >= 15 is 0 Å². The van der Waals surface area contributed by atoms with Gasteiger partial charge in [-0.05, 0) is 93.4 Å². The fraction of sp³-hybridized carbons (Fsp3) is 0.676. The lowest BCUT2D eigenvalue weighted by molar-refractivity contribution is -0.159. The Morgan fingerprint density at radius 3 is 2.29 bits per heavy atom. The number of carbonyl (C=O) groups excluding carboxylic acids is 2. The minimum absolute atomic E-state index is 0.0146. The highest BCUT2D eigenvalue weighted by atomic mass is 32.2. The van der Waals surface area contributed by atoms with Gasteiger partial charge in [-0.15, -0.1) is 0 Å². The molecule has 1 aromatic carbocycles. The Bertz CT molecular complexity index is 1390. The van der Waals surface area contributed by atoms with Crippen LogP contribution in [0.25, 0.3) is 0 Å². The van der Waals surface area contributed by atoms with Crippen LogP contribution in [0.5, 0.6) is 0 Å². The molecular formula is C37H50F2O5S. The summed E-state index contributed by atoms with van der Waals surface area (Å²) in [5, 5.41) is -3.76. The van der Waals surface area contributed by atoms with Gasteiger partial charge in [-0.3, -0.25) is 9.59 Å². The van der Waals surface area contributed by atoms with E-state index in [2.05, 4.69) is 19.9 Å². The Labute approximate surface area is 268 Å². The van der Waals surface area contributed by atoms with Gasteiger partial charge in [-0.25, -0.2) is 8.42 Å². The van der Waals surface area contributed by atoms with Gasteiger partial charge in [0.05, 0.1) is 4.90 Å². The van der Waals surface area contributed by atoms with Gasteiger partial charge < -0.3 is 4.74 Å². The Morgan fingerprint density at radius 2 is 1.58 bits per heavy atom. The number of esters is 1. The van der Waals surface area contributed by atoms with E-state index in [4.69, 9.17) is 4.74 Å². The van der Waals surface area contributed by atoms with Crippen LogP contribution in [-0.2, 0) is 24.2 Å². The van der Waals surface area contributed by atoms with Crippen molar-refractivity contribution in [2.75, 3.05) is 0 Å². The van der Waals surface area contributed by atoms with E-state index in [9.17, 15) is 26.8 Å². The third-order valence-electron chi connectivity index (χ3n) is 11.8. The average Bonchev–Trinajstić information content (AvgIpc) is 3.34. The van der Waals surface area contributed by atoms with Gasteiger partial charge in [0, 0.05) is 23.7 Å². The quantitative estimate of drug-likeness (QED) is 0.149. The molecule has 3 saturated carbocycles. The summed E-state index contributed by atoms with van der Waals surface area (Å²) in [4.78, 5) is 24.5. The molecule has 0 aliphatic heterocycles. The summed E-state index contributed by atoms with van der Waals surface area (Å²) in [6, 6.07) is 6.92. The Kier molecular flexibility index (Phi) is 10.4. The molecule has 1 aromatic rings. The standard InChI is InChI=1S/C37H50F2O5S/c1-35-24-21-28(40)26-27(35)17-18-30-31-19-20-33(36(31,2)25-22-32(30)35)44-34(41)16-12-7-5-3-4-6-8-13-23-37(38,39)45(42,43)29-14-10-9-11-15-29/h9-11,14-15,21,24,26,30-33H,3-8,12-13,16-20,22-23,25H2,1-2H3/t30-,31-,32-,33-,35-,36-/m0/s1. The van der Waals surface area contributed by atoms with Crippen molar-refractivity contribution in [2.24, 2.45) is 28.6 Å². The monoisotopic (exact) mass is 644 g/mol. The second-order valence-corrected chi connectivity index (χ2v) is 16.6. The molecular weight excluding hydrogens is 594 g/mol. The molecule has 0 bridgehead atoms. The number of hydrogen-bond acceptors (Lipinski definition) is 5. The zero-order valence-corrected chi connectivity index (χ0v) is 27.8. The van der Waals surface area contributed by atoms with Gasteiger partial charge in [0.15, 0.2) is 5.78 Å². The zero-order chi connectivity index (χ0) is 32.3. The lowest BCUT2D eigenvalue weighted by atomic mass is 9.48. The van der Waals surface area contributed by atoms with Crippen LogP contribution in [0.1, 0.15) is 117 Å². The van der Waals surface area contributed by atoms with Gasteiger partial charge in [0.2, 0.25) is 9.84 Å². The van der Waals surface area contributed by atoms with Gasteiger partial charge in [0.25, 0.3) is 0 Å². The van der Waals surface area contributed by atoms with E-state index < -0.39 is 21.5 Å². The minimum atomic E-state index is -4.67. The third kappa shape index (κ3) is 7.01. The first-order valence-corrected chi connectivity index (χ1v) is 18.7. The lowest BCUT2D eigenvalue weighted by Gasteiger charge is -2.56. The maximum atomic E-state index is 14.4. The third-order valence-corrected chi connectivity index (χ3v) is 13.7. The molecule has 0 unspecified atom stereocenters. The summed E-state index contributed by atoms with van der Waals surface area (Å²) in [5.74, 6) is 1.73. The second kappa shape index (κ2) is 13.8. The first kappa shape index (κ1) is 34.0. The van der Waals surface area contributed by atoms with Gasteiger partial charge in [-0.1, -0.05) is 82.2 Å². The van der Waals surface area contributed by atoms with Crippen LogP contribution >= 0.6 is 0 Å². The first-order valence-electron chi connectivity index (χ1n) is 17.2. The number of unbranched alkanes of at least 4 members (excludes halogenated alkanes) is 7. The molecule has 0 N–H and O–H groups in total. The molecule has 248 valence electrons. The van der Waals surface area contributed by atoms with E-state index in [0.717, 1.165) is 77.0 Å². The highest BCUT2D eigenvalue weighted by Crippen LogP contribution is 2.65. The van der Waals surface area contributed by atoms with Crippen LogP contribution in [0.15, 0.2) is 59.0 Å². The van der Waals surface area contributed by atoms with Crippen molar-refractivity contribution in [3.05, 3.63) is 54.1 Å². The maximum Gasteiger partial charge on any atom is 0.350 e. The Morgan fingerprint density at radius 1 is 0.911 bits per heavy atom. The summed E-state index contributed by atoms with van der Waals surface area (Å²) in [6.45, 7) is 4.66. The van der Waals surface area contributed by atoms with E-state index in [0.29, 0.717) is 30.6 Å². The number of halogens is 2. The lowest BCUT2D eigenvalue weighted by Crippen LogP contribution is -2.51. The molecule has 3 fully saturated rings. The molecule has 0 heterocycles. The van der Waals surface area contributed by atoms with Crippen molar-refractivity contribution in [2.45, 2.75) is 133 Å². The predicted octanol–water partition coefficient (Wildman–Crippen LogP) is 9.17. The van der Waals surface area contributed by atoms with Crippen molar-refractivity contribution < 1.29 is 31.5 Å². The number of carbonyl (C=O) groups is 2. The van der Waals surface area contributed by atoms with Crippen LogP contribution in [0, 0.1) is 28.6 Å². The predicted molar refractivity (Wildman–Crippen MR) is 171 cm³/mol. The van der Waals surface area contributed by atoms with E-state index in [1.54, 1.807) is 12.1 Å². The van der Waals surface area contributed by atoms with E-state index in [1.807, 2.05) is 6.08 Å². The number of ketones is 1. The summed E-state index contributed by atoms with van der Waals surface area (Å²) in [6.07, 6.45) is 18.0. The molecule has 5 nitrogen and oxygen atoms in total. The highest BCUT2D eigenvalue weighted by Gasteiger charge is 2.59. The number of fused-ring (bicyclic) bond motifs is 5. The smallest absolute Gasteiger partial charge is 0.350 e. The zero-order valence-electron chi connectivity index (χ0n) is 26.9. The average molecular weight is 645 g/mol. The number of sulfone groups is 1. The molecule has 0 spiro atoms. The molecule has 8 heteroatoms. The SMILES string of the molecule is C[C@]12CC[C@H]3[C@@H](CCC4=CC(=O)C=C[C@@]43C)[C@@H]1CC[C@@H]2OC(=O)CCCCCCCCCCC(F)(F)S(=O)(=O)c1ccccc1. The topological polar surface area (TPSA) is 77.5 Å². The second-order valence-electron chi connectivity index (χ2n) is 14.5. The van der Waals surface area contributed by atoms with Crippen molar-refractivity contribution in [1.82, 2.24) is 0 Å². The molecule has 4 aliphatic rings. The molecule has 4 aliphatic carbocycles. The molecule has 0 radical (unpaired) electrons. The van der Waals surface area contributed by atoms with E-state index in [-0.39, 0.29) is 40.0 Å². The summed E-state index contributed by atoms with van der Waals surface area (Å²) < 4.78 is 59.5. The number of rotatable bonds is 14. The Balaban J connectivity index is 0.958. The van der Waals surface area contributed by atoms with Crippen molar-refractivity contribution >= 4 is 21.6 Å². The number of allylic oxidation sites excluding steroid dienone is 4. The highest BCUT2D eigenvalue weighted by molar-refractivity contribution is 7.92. The normalized spacial score (nSPS) is 31.1. The molecule has 0 saturated heterocycles. The molecule has 6 atom stereocenters. The van der Waals surface area contributed by atoms with Crippen LogP contribution < -0.4 is 0 Å². The molecule has 5 rings (SSSR count). The number of alkyl halides is 2. The summed E-state index contributed by atoms with van der Waals surface area (Å²) in [7, 11) is -4.67. The maximum absolute atomic E-state index is 14.4.